The van der Waals surface area contributed by atoms with Crippen LogP contribution in [0.25, 0.3) is 0 Å². The van der Waals surface area contributed by atoms with Crippen LogP contribution in [-0.2, 0) is 9.53 Å². The predicted octanol–water partition coefficient (Wildman–Crippen LogP) is 0.959. The highest BCUT2D eigenvalue weighted by Gasteiger charge is 2.36. The summed E-state index contributed by atoms with van der Waals surface area (Å²) < 4.78 is 5.35. The summed E-state index contributed by atoms with van der Waals surface area (Å²) in [5.74, 6) is -0.717. The first kappa shape index (κ1) is 15.4. The maximum Gasteiger partial charge on any atom is 0.309 e. The second-order valence-corrected chi connectivity index (χ2v) is 5.70. The van der Waals surface area contributed by atoms with Crippen molar-refractivity contribution in [2.75, 3.05) is 26.2 Å². The summed E-state index contributed by atoms with van der Waals surface area (Å²) in [5.41, 5.74) is -0.601. The number of likely N-dealkylation sites (tertiary alicyclic amines) is 1. The molecule has 0 amide bonds. The van der Waals surface area contributed by atoms with Crippen LogP contribution in [0, 0.1) is 5.41 Å². The summed E-state index contributed by atoms with van der Waals surface area (Å²) in [6.07, 6.45) is 0.901. The van der Waals surface area contributed by atoms with Crippen molar-refractivity contribution in [3.63, 3.8) is 0 Å². The van der Waals surface area contributed by atoms with E-state index in [1.54, 1.807) is 6.92 Å². The van der Waals surface area contributed by atoms with Gasteiger partial charge in [-0.25, -0.2) is 0 Å². The van der Waals surface area contributed by atoms with Crippen LogP contribution in [0.4, 0.5) is 0 Å². The van der Waals surface area contributed by atoms with Crippen LogP contribution in [0.5, 0.6) is 0 Å². The number of carboxylic acid groups (broad SMARTS) is 1. The van der Waals surface area contributed by atoms with Gasteiger partial charge in [-0.1, -0.05) is 0 Å². The Kier molecular flexibility index (Phi) is 5.56. The molecule has 0 bridgehead atoms. The second kappa shape index (κ2) is 6.50. The SMILES string of the molecule is CC(C)OCC(O)CN1CCC(C)(C(=O)O)CC1. The van der Waals surface area contributed by atoms with Crippen molar-refractivity contribution in [1.82, 2.24) is 4.90 Å². The lowest BCUT2D eigenvalue weighted by Crippen LogP contribution is -2.45. The molecule has 1 unspecified atom stereocenters. The lowest BCUT2D eigenvalue weighted by atomic mass is 9.80. The summed E-state index contributed by atoms with van der Waals surface area (Å²) >= 11 is 0. The van der Waals surface area contributed by atoms with Crippen molar-refractivity contribution in [3.8, 4) is 0 Å². The number of aliphatic carboxylic acids is 1. The minimum atomic E-state index is -0.717. The van der Waals surface area contributed by atoms with Crippen molar-refractivity contribution in [1.29, 1.82) is 0 Å². The van der Waals surface area contributed by atoms with E-state index in [2.05, 4.69) is 4.90 Å². The molecule has 2 N–H and O–H groups in total. The van der Waals surface area contributed by atoms with Crippen LogP contribution >= 0.6 is 0 Å². The second-order valence-electron chi connectivity index (χ2n) is 5.70. The third-order valence-electron chi connectivity index (χ3n) is 3.57. The third kappa shape index (κ3) is 4.55. The topological polar surface area (TPSA) is 70.0 Å². The molecule has 0 aromatic heterocycles. The van der Waals surface area contributed by atoms with Gasteiger partial charge in [-0.05, 0) is 46.7 Å². The monoisotopic (exact) mass is 259 g/mol. The molecule has 1 rings (SSSR count). The molecule has 1 aliphatic heterocycles. The number of aliphatic hydroxyl groups is 1. The van der Waals surface area contributed by atoms with E-state index < -0.39 is 17.5 Å². The summed E-state index contributed by atoms with van der Waals surface area (Å²) in [5, 5.41) is 18.9. The van der Waals surface area contributed by atoms with Crippen LogP contribution < -0.4 is 0 Å². The molecule has 0 aromatic rings. The van der Waals surface area contributed by atoms with E-state index in [-0.39, 0.29) is 6.10 Å². The van der Waals surface area contributed by atoms with Crippen molar-refractivity contribution in [2.45, 2.75) is 45.8 Å². The van der Waals surface area contributed by atoms with E-state index in [9.17, 15) is 9.90 Å². The standard InChI is InChI=1S/C13H25NO4/c1-10(2)18-9-11(15)8-14-6-4-13(3,5-7-14)12(16)17/h10-11,15H,4-9H2,1-3H3,(H,16,17). The number of aliphatic hydroxyl groups excluding tert-OH is 1. The van der Waals surface area contributed by atoms with Gasteiger partial charge in [0.1, 0.15) is 0 Å². The van der Waals surface area contributed by atoms with Gasteiger partial charge in [0.05, 0.1) is 24.2 Å². The van der Waals surface area contributed by atoms with Crippen molar-refractivity contribution in [3.05, 3.63) is 0 Å². The van der Waals surface area contributed by atoms with Crippen LogP contribution in [0.2, 0.25) is 0 Å². The average molecular weight is 259 g/mol. The van der Waals surface area contributed by atoms with Gasteiger partial charge < -0.3 is 19.8 Å². The normalized spacial score (nSPS) is 22.1. The Labute approximate surface area is 109 Å². The Hall–Kier alpha value is -0.650. The molecule has 1 atom stereocenters. The molecule has 1 saturated heterocycles. The third-order valence-corrected chi connectivity index (χ3v) is 3.57. The summed E-state index contributed by atoms with van der Waals surface area (Å²) in [4.78, 5) is 13.2. The van der Waals surface area contributed by atoms with Crippen molar-refractivity contribution < 1.29 is 19.7 Å². The molecule has 0 saturated carbocycles. The Morgan fingerprint density at radius 3 is 2.39 bits per heavy atom. The predicted molar refractivity (Wildman–Crippen MR) is 68.5 cm³/mol. The number of rotatable bonds is 6. The van der Waals surface area contributed by atoms with Gasteiger partial charge in [0.15, 0.2) is 0 Å². The number of β-amino-alcohol motifs (C(OH)–C–C–N with tert-alkyl or cyclic N) is 1. The lowest BCUT2D eigenvalue weighted by molar-refractivity contribution is -0.151. The van der Waals surface area contributed by atoms with E-state index in [4.69, 9.17) is 9.84 Å². The fourth-order valence-electron chi connectivity index (χ4n) is 2.10. The number of ether oxygens (including phenoxy) is 1. The van der Waals surface area contributed by atoms with Crippen LogP contribution in [0.15, 0.2) is 0 Å². The molecule has 106 valence electrons. The Bertz CT molecular complexity index is 272. The quantitative estimate of drug-likeness (QED) is 0.743. The summed E-state index contributed by atoms with van der Waals surface area (Å²) in [7, 11) is 0. The Morgan fingerprint density at radius 2 is 1.94 bits per heavy atom. The average Bonchev–Trinajstić information content (AvgIpc) is 2.29. The molecule has 5 heteroatoms. The van der Waals surface area contributed by atoms with Crippen LogP contribution in [-0.4, -0.2) is 59.5 Å². The molecular formula is C13H25NO4. The fraction of sp³-hybridized carbons (Fsp3) is 0.923. The molecule has 5 nitrogen and oxygen atoms in total. The number of nitrogens with zero attached hydrogens (tertiary/aromatic N) is 1. The van der Waals surface area contributed by atoms with Gasteiger partial charge in [-0.15, -0.1) is 0 Å². The van der Waals surface area contributed by atoms with Gasteiger partial charge in [-0.3, -0.25) is 4.79 Å². The zero-order valence-corrected chi connectivity index (χ0v) is 11.6. The van der Waals surface area contributed by atoms with Gasteiger partial charge in [0.2, 0.25) is 0 Å². The maximum atomic E-state index is 11.1. The smallest absolute Gasteiger partial charge is 0.309 e. The fourth-order valence-corrected chi connectivity index (χ4v) is 2.10. The van der Waals surface area contributed by atoms with Crippen molar-refractivity contribution in [2.24, 2.45) is 5.41 Å². The number of hydrogen-bond donors (Lipinski definition) is 2. The first-order valence-electron chi connectivity index (χ1n) is 6.59. The van der Waals surface area contributed by atoms with Crippen LogP contribution in [0.1, 0.15) is 33.6 Å². The van der Waals surface area contributed by atoms with Gasteiger partial charge in [0.25, 0.3) is 0 Å². The van der Waals surface area contributed by atoms with Gasteiger partial charge >= 0.3 is 5.97 Å². The van der Waals surface area contributed by atoms with Gasteiger partial charge in [0, 0.05) is 6.54 Å². The van der Waals surface area contributed by atoms with Crippen LogP contribution in [0.3, 0.4) is 0 Å². The highest BCUT2D eigenvalue weighted by molar-refractivity contribution is 5.74. The van der Waals surface area contributed by atoms with Crippen molar-refractivity contribution >= 4 is 5.97 Å². The van der Waals surface area contributed by atoms with E-state index >= 15 is 0 Å². The number of carboxylic acids is 1. The molecule has 0 aromatic carbocycles. The Balaban J connectivity index is 2.29. The summed E-state index contributed by atoms with van der Waals surface area (Å²) in [6.45, 7) is 8.01. The molecular weight excluding hydrogens is 234 g/mol. The molecule has 1 fully saturated rings. The lowest BCUT2D eigenvalue weighted by Gasteiger charge is -2.37. The maximum absolute atomic E-state index is 11.1. The summed E-state index contributed by atoms with van der Waals surface area (Å²) in [6, 6.07) is 0. The minimum Gasteiger partial charge on any atom is -0.481 e. The van der Waals surface area contributed by atoms with Gasteiger partial charge in [-0.2, -0.15) is 0 Å². The van der Waals surface area contributed by atoms with E-state index in [1.807, 2.05) is 13.8 Å². The van der Waals surface area contributed by atoms with E-state index in [1.165, 1.54) is 0 Å². The number of carbonyl (C=O) groups is 1. The molecule has 1 aliphatic rings. The molecule has 18 heavy (non-hydrogen) atoms. The molecule has 1 heterocycles. The first-order chi connectivity index (χ1) is 8.33. The molecule has 0 radical (unpaired) electrons. The number of hydrogen-bond acceptors (Lipinski definition) is 4. The van der Waals surface area contributed by atoms with E-state index in [0.717, 1.165) is 13.1 Å². The molecule has 0 aliphatic carbocycles. The zero-order chi connectivity index (χ0) is 13.8. The Morgan fingerprint density at radius 1 is 1.39 bits per heavy atom. The largest absolute Gasteiger partial charge is 0.481 e. The minimum absolute atomic E-state index is 0.122. The number of piperidine rings is 1. The highest BCUT2D eigenvalue weighted by Crippen LogP contribution is 2.30. The van der Waals surface area contributed by atoms with E-state index in [0.29, 0.717) is 26.0 Å². The highest BCUT2D eigenvalue weighted by atomic mass is 16.5. The molecule has 0 spiro atoms. The zero-order valence-electron chi connectivity index (χ0n) is 11.6. The first-order valence-corrected chi connectivity index (χ1v) is 6.59.